The lowest BCUT2D eigenvalue weighted by atomic mass is 9.98. The molecule has 0 fully saturated rings. The summed E-state index contributed by atoms with van der Waals surface area (Å²) in [7, 11) is 0. The molecule has 0 heterocycles. The first-order valence-corrected chi connectivity index (χ1v) is 27.4. The fraction of sp³-hybridized carbons (Fsp3) is 0.679. The summed E-state index contributed by atoms with van der Waals surface area (Å²) in [5.74, 6) is -8.56. The van der Waals surface area contributed by atoms with Crippen LogP contribution in [0.25, 0.3) is 0 Å². The summed E-state index contributed by atoms with van der Waals surface area (Å²) in [6, 6.07) is -2.58. The number of nitrogens with zero attached hydrogens (tertiary/aromatic N) is 1. The van der Waals surface area contributed by atoms with Crippen LogP contribution in [-0.4, -0.2) is 144 Å². The Hall–Kier alpha value is -6.93. The average Bonchev–Trinajstić information content (AvgIpc) is 3.36. The predicted octanol–water partition coefficient (Wildman–Crippen LogP) is -1.75. The maximum atomic E-state index is 14.3. The Kier molecular flexibility index (Phi) is 33.5. The van der Waals surface area contributed by atoms with Gasteiger partial charge in [-0.1, -0.05) is 71.9 Å². The molecular formula is C53H93N15O11. The fourth-order valence-corrected chi connectivity index (χ4v) is 8.20. The Labute approximate surface area is 464 Å². The summed E-state index contributed by atoms with van der Waals surface area (Å²) < 4.78 is 0. The molecule has 446 valence electrons. The van der Waals surface area contributed by atoms with E-state index >= 15 is 0 Å². The van der Waals surface area contributed by atoms with Gasteiger partial charge in [-0.3, -0.25) is 48.1 Å². The van der Waals surface area contributed by atoms with Crippen LogP contribution < -0.4 is 76.9 Å². The van der Waals surface area contributed by atoms with Crippen LogP contribution in [0.3, 0.4) is 0 Å². The number of nitrogens with one attached hydrogen (secondary N) is 8. The van der Waals surface area contributed by atoms with Crippen LogP contribution in [0.5, 0.6) is 0 Å². The normalized spacial score (nSPS) is 14.6. The Bertz CT molecular complexity index is 2140. The van der Waals surface area contributed by atoms with Crippen molar-refractivity contribution in [2.45, 2.75) is 193 Å². The van der Waals surface area contributed by atoms with E-state index in [1.807, 2.05) is 41.5 Å². The molecule has 1 aromatic carbocycles. The number of aliphatic carboxylic acids is 1. The third kappa shape index (κ3) is 29.6. The summed E-state index contributed by atoms with van der Waals surface area (Å²) in [6.45, 7) is 13.3. The van der Waals surface area contributed by atoms with E-state index in [0.717, 1.165) is 0 Å². The Morgan fingerprint density at radius 2 is 0.861 bits per heavy atom. The molecule has 26 heteroatoms. The van der Waals surface area contributed by atoms with Crippen molar-refractivity contribution in [3.05, 3.63) is 35.9 Å². The Morgan fingerprint density at radius 3 is 1.30 bits per heavy atom. The van der Waals surface area contributed by atoms with Crippen molar-refractivity contribution in [3.8, 4) is 0 Å². The molecule has 0 aliphatic heterocycles. The van der Waals surface area contributed by atoms with Gasteiger partial charge in [0.1, 0.15) is 48.3 Å². The maximum Gasteiger partial charge on any atom is 0.326 e. The van der Waals surface area contributed by atoms with Crippen molar-refractivity contribution in [3.63, 3.8) is 0 Å². The van der Waals surface area contributed by atoms with E-state index in [1.165, 1.54) is 6.92 Å². The molecule has 1 aromatic rings. The number of primary amides is 1. The van der Waals surface area contributed by atoms with Gasteiger partial charge in [-0.2, -0.15) is 0 Å². The smallest absolute Gasteiger partial charge is 0.326 e. The minimum absolute atomic E-state index is 0.0505. The quantitative estimate of drug-likeness (QED) is 0.0197. The number of carboxylic acid groups (broad SMARTS) is 1. The minimum atomic E-state index is -1.49. The molecule has 0 bridgehead atoms. The van der Waals surface area contributed by atoms with Crippen molar-refractivity contribution in [2.24, 2.45) is 57.1 Å². The van der Waals surface area contributed by atoms with Crippen LogP contribution in [0.2, 0.25) is 0 Å². The molecule has 79 heavy (non-hydrogen) atoms. The van der Waals surface area contributed by atoms with E-state index in [9.17, 15) is 53.1 Å². The molecule has 0 aliphatic carbocycles. The SMILES string of the molecule is CC(C)C[C@H](NC(=O)[C@H](CC(C)C)NC(=O)[C@H](CC(C)C)NC(=O)[C@@H](N)CCCN=C(N)N)C(=O)N[C@@H](C)C(=O)N[C@@H](Cc1ccccc1)C(=O)N[C@@H](CCC(N)=O)C(=O)N[C@@H](CCCCN)C(=O)N[C@@H](CCCCN)C(=O)O. The summed E-state index contributed by atoms with van der Waals surface area (Å²) in [5, 5.41) is 31.0. The van der Waals surface area contributed by atoms with E-state index in [-0.39, 0.29) is 94.6 Å². The summed E-state index contributed by atoms with van der Waals surface area (Å²) >= 11 is 0. The molecule has 0 aromatic heterocycles. The number of carbonyl (C=O) groups is 10. The van der Waals surface area contributed by atoms with Gasteiger partial charge in [0, 0.05) is 19.4 Å². The second-order valence-corrected chi connectivity index (χ2v) is 21.2. The second-order valence-electron chi connectivity index (χ2n) is 21.2. The highest BCUT2D eigenvalue weighted by Gasteiger charge is 2.35. The van der Waals surface area contributed by atoms with E-state index in [2.05, 4.69) is 47.5 Å². The van der Waals surface area contributed by atoms with Crippen LogP contribution in [-0.2, 0) is 54.4 Å². The number of benzene rings is 1. The standard InChI is InChI=1S/C53H93N15O11/c1-30(2)26-39(67-50(76)41(28-32(5)6)68-49(75)40(27-31(3)4)66-45(71)35(56)18-15-25-60-53(58)59)48(74)61-33(7)44(70)65-42(29-34-16-9-8-10-17-34)51(77)63-37(21-22-43(57)69)47(73)62-36(19-11-13-23-54)46(72)64-38(52(78)79)20-12-14-24-55/h8-10,16-17,30-33,35-42H,11-15,18-29,54-56H2,1-7H3,(H2,57,69)(H,61,74)(H,62,73)(H,63,77)(H,64,72)(H,65,70)(H,66,71)(H,67,76)(H,68,75)(H,78,79)(H4,58,59,60)/t33-,35-,36-,37-,38-,39-,40-,41-,42-/m0/s1. The molecule has 0 saturated carbocycles. The van der Waals surface area contributed by atoms with Crippen LogP contribution in [0, 0.1) is 17.8 Å². The highest BCUT2D eigenvalue weighted by Crippen LogP contribution is 2.14. The van der Waals surface area contributed by atoms with Gasteiger partial charge in [0.05, 0.1) is 6.04 Å². The average molecular weight is 1120 g/mol. The second kappa shape index (κ2) is 37.8. The van der Waals surface area contributed by atoms with Gasteiger partial charge in [-0.25, -0.2) is 4.79 Å². The van der Waals surface area contributed by atoms with Gasteiger partial charge in [0.15, 0.2) is 5.96 Å². The molecule has 9 atom stereocenters. The van der Waals surface area contributed by atoms with Gasteiger partial charge < -0.3 is 82.0 Å². The molecular weight excluding hydrogens is 1020 g/mol. The first kappa shape index (κ1) is 70.1. The number of nitrogens with two attached hydrogens (primary N) is 6. The van der Waals surface area contributed by atoms with Crippen molar-refractivity contribution >= 4 is 65.1 Å². The molecule has 9 amide bonds. The number of aliphatic imine (C=N–C) groups is 1. The maximum absolute atomic E-state index is 14.3. The van der Waals surface area contributed by atoms with Crippen molar-refractivity contribution in [1.82, 2.24) is 42.5 Å². The van der Waals surface area contributed by atoms with Gasteiger partial charge >= 0.3 is 5.97 Å². The molecule has 21 N–H and O–H groups in total. The topological polar surface area (TPSA) is 456 Å². The number of rotatable bonds is 40. The highest BCUT2D eigenvalue weighted by atomic mass is 16.4. The fourth-order valence-electron chi connectivity index (χ4n) is 8.20. The zero-order valence-electron chi connectivity index (χ0n) is 47.3. The van der Waals surface area contributed by atoms with Crippen LogP contribution in [0.4, 0.5) is 0 Å². The zero-order valence-corrected chi connectivity index (χ0v) is 47.3. The lowest BCUT2D eigenvalue weighted by molar-refractivity contribution is -0.142. The third-order valence-electron chi connectivity index (χ3n) is 12.4. The molecule has 1 rings (SSSR count). The summed E-state index contributed by atoms with van der Waals surface area (Å²) in [5.41, 5.74) is 34.2. The van der Waals surface area contributed by atoms with Gasteiger partial charge in [0.25, 0.3) is 0 Å². The number of hydrogen-bond acceptors (Lipinski definition) is 14. The van der Waals surface area contributed by atoms with E-state index in [1.54, 1.807) is 30.3 Å². The Morgan fingerprint density at radius 1 is 0.468 bits per heavy atom. The van der Waals surface area contributed by atoms with Crippen LogP contribution in [0.1, 0.15) is 138 Å². The number of amides is 9. The number of carboxylic acids is 1. The molecule has 0 unspecified atom stereocenters. The third-order valence-corrected chi connectivity index (χ3v) is 12.4. The number of guanidine groups is 1. The van der Waals surface area contributed by atoms with Crippen LogP contribution >= 0.6 is 0 Å². The van der Waals surface area contributed by atoms with Crippen molar-refractivity contribution in [1.29, 1.82) is 0 Å². The number of hydrogen-bond donors (Lipinski definition) is 15. The summed E-state index contributed by atoms with van der Waals surface area (Å²) in [6.07, 6.45) is 2.22. The molecule has 0 saturated heterocycles. The lowest BCUT2D eigenvalue weighted by Crippen LogP contribution is -2.60. The minimum Gasteiger partial charge on any atom is -0.480 e. The van der Waals surface area contributed by atoms with Crippen molar-refractivity contribution < 1.29 is 53.1 Å². The van der Waals surface area contributed by atoms with Crippen molar-refractivity contribution in [2.75, 3.05) is 19.6 Å². The highest BCUT2D eigenvalue weighted by molar-refractivity contribution is 5.98. The monoisotopic (exact) mass is 1120 g/mol. The van der Waals surface area contributed by atoms with Gasteiger partial charge in [0.2, 0.25) is 53.2 Å². The first-order valence-electron chi connectivity index (χ1n) is 27.4. The van der Waals surface area contributed by atoms with E-state index < -0.39 is 114 Å². The van der Waals surface area contributed by atoms with E-state index in [4.69, 9.17) is 34.4 Å². The van der Waals surface area contributed by atoms with E-state index in [0.29, 0.717) is 44.2 Å². The number of unbranched alkanes of at least 4 members (excludes halogenated alkanes) is 2. The Balaban J connectivity index is 3.43. The number of carbonyl (C=O) groups excluding carboxylic acids is 9. The molecule has 0 aliphatic rings. The molecule has 0 spiro atoms. The largest absolute Gasteiger partial charge is 0.480 e. The van der Waals surface area contributed by atoms with Gasteiger partial charge in [-0.05, 0) is 120 Å². The molecule has 26 nitrogen and oxygen atoms in total. The first-order chi connectivity index (χ1) is 37.2. The van der Waals surface area contributed by atoms with Crippen LogP contribution in [0.15, 0.2) is 35.3 Å². The predicted molar refractivity (Wildman–Crippen MR) is 299 cm³/mol. The van der Waals surface area contributed by atoms with Gasteiger partial charge in [-0.15, -0.1) is 0 Å². The summed E-state index contributed by atoms with van der Waals surface area (Å²) in [4.78, 5) is 139. The lowest BCUT2D eigenvalue weighted by Gasteiger charge is -2.28. The molecule has 0 radical (unpaired) electrons. The zero-order chi connectivity index (χ0) is 59.8.